The molecule has 0 radical (unpaired) electrons. The first-order valence-corrected chi connectivity index (χ1v) is 8.33. The normalized spacial score (nSPS) is 30.5. The first-order valence-electron chi connectivity index (χ1n) is 8.33. The molecule has 1 aliphatic carbocycles. The maximum Gasteiger partial charge on any atom is 0.237 e. The average molecular weight is 281 g/mol. The number of carbonyl (C=O) groups is 1. The van der Waals surface area contributed by atoms with E-state index >= 15 is 0 Å². The zero-order chi connectivity index (χ0) is 14.6. The second-order valence-electron chi connectivity index (χ2n) is 7.03. The van der Waals surface area contributed by atoms with Gasteiger partial charge in [-0.15, -0.1) is 0 Å². The fourth-order valence-electron chi connectivity index (χ4n) is 3.94. The molecular weight excluding hydrogens is 250 g/mol. The highest BCUT2D eigenvalue weighted by Crippen LogP contribution is 2.35. The largest absolute Gasteiger partial charge is 0.368 e. The van der Waals surface area contributed by atoms with E-state index in [4.69, 9.17) is 11.5 Å². The summed E-state index contributed by atoms with van der Waals surface area (Å²) in [5.74, 6) is 0.561. The first-order chi connectivity index (χ1) is 9.50. The molecule has 3 atom stereocenters. The molecule has 1 saturated heterocycles. The molecule has 2 rings (SSSR count). The van der Waals surface area contributed by atoms with Crippen LogP contribution >= 0.6 is 0 Å². The van der Waals surface area contributed by atoms with E-state index in [1.54, 1.807) is 6.92 Å². The minimum atomic E-state index is -0.838. The van der Waals surface area contributed by atoms with E-state index < -0.39 is 5.54 Å². The van der Waals surface area contributed by atoms with Crippen molar-refractivity contribution >= 4 is 5.91 Å². The van der Waals surface area contributed by atoms with Gasteiger partial charge in [0.1, 0.15) is 0 Å². The average Bonchev–Trinajstić information content (AvgIpc) is 2.43. The van der Waals surface area contributed by atoms with Crippen LogP contribution in [0.1, 0.15) is 64.7 Å². The monoisotopic (exact) mass is 281 g/mol. The Kier molecular flexibility index (Phi) is 5.44. The predicted octanol–water partition coefficient (Wildman–Crippen LogP) is 2.01. The molecule has 4 nitrogen and oxygen atoms in total. The second-order valence-corrected chi connectivity index (χ2v) is 7.03. The minimum absolute atomic E-state index is 0.386. The smallest absolute Gasteiger partial charge is 0.237 e. The number of primary amides is 1. The van der Waals surface area contributed by atoms with Crippen molar-refractivity contribution in [1.82, 2.24) is 4.90 Å². The van der Waals surface area contributed by atoms with Crippen molar-refractivity contribution in [2.45, 2.75) is 76.3 Å². The molecule has 116 valence electrons. The standard InChI is InChI=1S/C16H31N3O/c1-16(18,15(17)20)10-4-5-11-19-12-6-8-13-7-2-3-9-14(13)19/h13-14H,2-12,18H2,1H3,(H2,17,20). The Hall–Kier alpha value is -0.610. The summed E-state index contributed by atoms with van der Waals surface area (Å²) in [7, 11) is 0. The Bertz CT molecular complexity index is 328. The van der Waals surface area contributed by atoms with Gasteiger partial charge in [0.2, 0.25) is 5.91 Å². The summed E-state index contributed by atoms with van der Waals surface area (Å²) in [6.45, 7) is 4.17. The molecule has 2 aliphatic rings. The van der Waals surface area contributed by atoms with Crippen LogP contribution in [0.4, 0.5) is 0 Å². The fourth-order valence-corrected chi connectivity index (χ4v) is 3.94. The summed E-state index contributed by atoms with van der Waals surface area (Å²) in [6.07, 6.45) is 11.3. The maximum atomic E-state index is 11.2. The molecule has 1 amide bonds. The van der Waals surface area contributed by atoms with Crippen molar-refractivity contribution in [1.29, 1.82) is 0 Å². The molecule has 0 aromatic rings. The molecule has 0 spiro atoms. The van der Waals surface area contributed by atoms with E-state index in [0.29, 0.717) is 6.42 Å². The number of carbonyl (C=O) groups excluding carboxylic acids is 1. The van der Waals surface area contributed by atoms with Crippen molar-refractivity contribution in [2.75, 3.05) is 13.1 Å². The van der Waals surface area contributed by atoms with Gasteiger partial charge in [0.15, 0.2) is 0 Å². The van der Waals surface area contributed by atoms with E-state index in [0.717, 1.165) is 31.3 Å². The van der Waals surface area contributed by atoms with Crippen LogP contribution in [0.2, 0.25) is 0 Å². The number of hydrogen-bond acceptors (Lipinski definition) is 3. The Labute approximate surface area is 123 Å². The third-order valence-corrected chi connectivity index (χ3v) is 5.31. The molecule has 1 heterocycles. The Balaban J connectivity index is 1.72. The van der Waals surface area contributed by atoms with Gasteiger partial charge in [-0.3, -0.25) is 4.79 Å². The van der Waals surface area contributed by atoms with E-state index in [1.165, 1.54) is 45.1 Å². The van der Waals surface area contributed by atoms with Crippen molar-refractivity contribution in [2.24, 2.45) is 17.4 Å². The van der Waals surface area contributed by atoms with Crippen LogP contribution in [0.3, 0.4) is 0 Å². The Morgan fingerprint density at radius 2 is 1.90 bits per heavy atom. The van der Waals surface area contributed by atoms with Gasteiger partial charge in [-0.25, -0.2) is 0 Å². The Morgan fingerprint density at radius 3 is 2.65 bits per heavy atom. The van der Waals surface area contributed by atoms with Gasteiger partial charge in [0.25, 0.3) is 0 Å². The van der Waals surface area contributed by atoms with Crippen molar-refractivity contribution < 1.29 is 4.79 Å². The number of amides is 1. The Morgan fingerprint density at radius 1 is 1.20 bits per heavy atom. The van der Waals surface area contributed by atoms with E-state index in [1.807, 2.05) is 0 Å². The minimum Gasteiger partial charge on any atom is -0.368 e. The molecule has 1 saturated carbocycles. The van der Waals surface area contributed by atoms with Gasteiger partial charge in [-0.1, -0.05) is 12.8 Å². The zero-order valence-corrected chi connectivity index (χ0v) is 12.9. The lowest BCUT2D eigenvalue weighted by atomic mass is 9.78. The second kappa shape index (κ2) is 6.90. The molecule has 2 fully saturated rings. The lowest BCUT2D eigenvalue weighted by Crippen LogP contribution is -2.49. The van der Waals surface area contributed by atoms with E-state index in [9.17, 15) is 4.79 Å². The van der Waals surface area contributed by atoms with Crippen molar-refractivity contribution in [3.05, 3.63) is 0 Å². The molecule has 0 aromatic carbocycles. The number of nitrogens with zero attached hydrogens (tertiary/aromatic N) is 1. The van der Waals surface area contributed by atoms with Gasteiger partial charge >= 0.3 is 0 Å². The third kappa shape index (κ3) is 3.95. The van der Waals surface area contributed by atoms with Crippen LogP contribution in [0.15, 0.2) is 0 Å². The predicted molar refractivity (Wildman–Crippen MR) is 82.2 cm³/mol. The zero-order valence-electron chi connectivity index (χ0n) is 12.9. The van der Waals surface area contributed by atoms with E-state index in [2.05, 4.69) is 4.90 Å². The molecule has 4 N–H and O–H groups in total. The van der Waals surface area contributed by atoms with Crippen LogP contribution in [-0.4, -0.2) is 35.5 Å². The lowest BCUT2D eigenvalue weighted by molar-refractivity contribution is -0.122. The van der Waals surface area contributed by atoms with Crippen LogP contribution in [0, 0.1) is 5.92 Å². The molecule has 1 aliphatic heterocycles. The molecule has 3 unspecified atom stereocenters. The highest BCUT2D eigenvalue weighted by molar-refractivity contribution is 5.83. The number of piperidine rings is 1. The number of hydrogen-bond donors (Lipinski definition) is 2. The van der Waals surface area contributed by atoms with Crippen LogP contribution < -0.4 is 11.5 Å². The number of rotatable bonds is 6. The molecule has 4 heteroatoms. The van der Waals surface area contributed by atoms with E-state index in [-0.39, 0.29) is 5.91 Å². The summed E-state index contributed by atoms with van der Waals surface area (Å²) in [5.41, 5.74) is 10.4. The van der Waals surface area contributed by atoms with Crippen LogP contribution in [-0.2, 0) is 4.79 Å². The molecule has 0 aromatic heterocycles. The lowest BCUT2D eigenvalue weighted by Gasteiger charge is -2.44. The highest BCUT2D eigenvalue weighted by atomic mass is 16.1. The van der Waals surface area contributed by atoms with Crippen LogP contribution in [0.5, 0.6) is 0 Å². The number of likely N-dealkylation sites (tertiary alicyclic amines) is 1. The SMILES string of the molecule is CC(N)(CCCCN1CCCC2CCCCC21)C(N)=O. The summed E-state index contributed by atoms with van der Waals surface area (Å²) in [4.78, 5) is 13.9. The topological polar surface area (TPSA) is 72.3 Å². The van der Waals surface area contributed by atoms with Crippen molar-refractivity contribution in [3.63, 3.8) is 0 Å². The number of nitrogens with two attached hydrogens (primary N) is 2. The van der Waals surface area contributed by atoms with Gasteiger partial charge < -0.3 is 16.4 Å². The highest BCUT2D eigenvalue weighted by Gasteiger charge is 2.32. The molecular formula is C16H31N3O. The first kappa shape index (κ1) is 15.8. The number of fused-ring (bicyclic) bond motifs is 1. The van der Waals surface area contributed by atoms with Gasteiger partial charge in [-0.05, 0) is 70.9 Å². The summed E-state index contributed by atoms with van der Waals surface area (Å²) < 4.78 is 0. The fraction of sp³-hybridized carbons (Fsp3) is 0.938. The third-order valence-electron chi connectivity index (χ3n) is 5.31. The molecule has 20 heavy (non-hydrogen) atoms. The molecule has 0 bridgehead atoms. The summed E-state index contributed by atoms with van der Waals surface area (Å²) in [5, 5.41) is 0. The summed E-state index contributed by atoms with van der Waals surface area (Å²) in [6, 6.07) is 0.831. The quantitative estimate of drug-likeness (QED) is 0.732. The van der Waals surface area contributed by atoms with Crippen molar-refractivity contribution in [3.8, 4) is 0 Å². The van der Waals surface area contributed by atoms with Gasteiger partial charge in [0.05, 0.1) is 5.54 Å². The van der Waals surface area contributed by atoms with Gasteiger partial charge in [0, 0.05) is 6.04 Å². The van der Waals surface area contributed by atoms with Crippen LogP contribution in [0.25, 0.3) is 0 Å². The van der Waals surface area contributed by atoms with Gasteiger partial charge in [-0.2, -0.15) is 0 Å². The number of unbranched alkanes of at least 4 members (excludes halogenated alkanes) is 1. The summed E-state index contributed by atoms with van der Waals surface area (Å²) >= 11 is 0. The maximum absolute atomic E-state index is 11.2.